The Kier molecular flexibility index (Phi) is 5.31. The molecule has 162 valence electrons. The van der Waals surface area contributed by atoms with Crippen molar-refractivity contribution in [1.29, 1.82) is 0 Å². The smallest absolute Gasteiger partial charge is 0.427 e. The van der Waals surface area contributed by atoms with Gasteiger partial charge in [-0.2, -0.15) is 13.2 Å². The van der Waals surface area contributed by atoms with Crippen LogP contribution in [0.1, 0.15) is 29.5 Å². The van der Waals surface area contributed by atoms with Gasteiger partial charge in [0.2, 0.25) is 5.54 Å². The first kappa shape index (κ1) is 21.1. The molecule has 1 saturated carbocycles. The first-order chi connectivity index (χ1) is 14.8. The van der Waals surface area contributed by atoms with Crippen molar-refractivity contribution >= 4 is 11.7 Å². The van der Waals surface area contributed by atoms with Gasteiger partial charge in [-0.1, -0.05) is 36.1 Å². The van der Waals surface area contributed by atoms with Crippen molar-refractivity contribution in [3.63, 3.8) is 0 Å². The summed E-state index contributed by atoms with van der Waals surface area (Å²) in [5.74, 6) is 5.57. The van der Waals surface area contributed by atoms with Gasteiger partial charge in [0.1, 0.15) is 5.75 Å². The number of aliphatic hydroxyl groups excluding tert-OH is 1. The zero-order chi connectivity index (χ0) is 22.2. The molecule has 2 aromatic rings. The van der Waals surface area contributed by atoms with Crippen LogP contribution in [-0.2, 0) is 18.7 Å². The number of benzene rings is 2. The number of amides is 2. The van der Waals surface area contributed by atoms with Crippen molar-refractivity contribution in [2.24, 2.45) is 5.92 Å². The summed E-state index contributed by atoms with van der Waals surface area (Å²) in [6.07, 6.45) is -3.31. The van der Waals surface area contributed by atoms with E-state index < -0.39 is 17.7 Å². The molecule has 2 aliphatic rings. The van der Waals surface area contributed by atoms with Gasteiger partial charge < -0.3 is 15.2 Å². The highest BCUT2D eigenvalue weighted by Gasteiger charge is 2.60. The Balaban J connectivity index is 1.82. The van der Waals surface area contributed by atoms with E-state index in [4.69, 9.17) is 4.74 Å². The highest BCUT2D eigenvalue weighted by Crippen LogP contribution is 2.46. The van der Waals surface area contributed by atoms with Crippen LogP contribution in [0.25, 0.3) is 0 Å². The number of nitrogens with one attached hydrogen (secondary N) is 1. The normalized spacial score (nSPS) is 20.4. The second kappa shape index (κ2) is 7.82. The van der Waals surface area contributed by atoms with Crippen molar-refractivity contribution in [3.05, 3.63) is 59.2 Å². The summed E-state index contributed by atoms with van der Waals surface area (Å²) in [5, 5.41) is 11.7. The van der Waals surface area contributed by atoms with Crippen molar-refractivity contribution in [3.8, 4) is 17.6 Å². The number of halogens is 3. The van der Waals surface area contributed by atoms with E-state index in [1.807, 2.05) is 0 Å². The number of carbonyl (C=O) groups is 1. The van der Waals surface area contributed by atoms with Crippen LogP contribution in [0.5, 0.6) is 5.75 Å². The van der Waals surface area contributed by atoms with Crippen LogP contribution in [0.3, 0.4) is 0 Å². The van der Waals surface area contributed by atoms with Crippen molar-refractivity contribution < 1.29 is 27.8 Å². The Morgan fingerprint density at radius 2 is 1.87 bits per heavy atom. The summed E-state index contributed by atoms with van der Waals surface area (Å²) in [5.41, 5.74) is -1.77. The molecule has 0 radical (unpaired) electrons. The van der Waals surface area contributed by atoms with Crippen LogP contribution < -0.4 is 15.0 Å². The number of alkyl halides is 3. The van der Waals surface area contributed by atoms with Crippen LogP contribution in [-0.4, -0.2) is 24.4 Å². The van der Waals surface area contributed by atoms with E-state index in [9.17, 15) is 23.1 Å². The van der Waals surface area contributed by atoms with Gasteiger partial charge in [0.15, 0.2) is 0 Å². The molecule has 5 nitrogen and oxygen atoms in total. The summed E-state index contributed by atoms with van der Waals surface area (Å²) >= 11 is 0. The van der Waals surface area contributed by atoms with Crippen molar-refractivity contribution in [2.75, 3.05) is 12.0 Å². The number of nitrogens with zero attached hydrogens (tertiary/aromatic N) is 1. The predicted octanol–water partition coefficient (Wildman–Crippen LogP) is 4.09. The number of carbonyl (C=O) groups excluding carboxylic acids is 1. The third-order valence-electron chi connectivity index (χ3n) is 5.45. The maximum Gasteiger partial charge on any atom is 0.427 e. The van der Waals surface area contributed by atoms with Crippen LogP contribution in [0.4, 0.5) is 23.7 Å². The van der Waals surface area contributed by atoms with E-state index in [-0.39, 0.29) is 30.3 Å². The summed E-state index contributed by atoms with van der Waals surface area (Å²) in [7, 11) is 1.53. The monoisotopic (exact) mass is 430 g/mol. The molecule has 4 rings (SSSR count). The molecular formula is C23H21F3N2O3. The molecule has 1 heterocycles. The van der Waals surface area contributed by atoms with Gasteiger partial charge in [0.25, 0.3) is 0 Å². The van der Waals surface area contributed by atoms with E-state index in [1.165, 1.54) is 30.2 Å². The molecule has 2 aromatic carbocycles. The molecule has 31 heavy (non-hydrogen) atoms. The predicted molar refractivity (Wildman–Crippen MR) is 108 cm³/mol. The maximum atomic E-state index is 14.3. The van der Waals surface area contributed by atoms with Gasteiger partial charge in [-0.3, -0.25) is 4.90 Å². The topological polar surface area (TPSA) is 61.8 Å². The molecule has 1 aliphatic heterocycles. The molecule has 1 aliphatic carbocycles. The van der Waals surface area contributed by atoms with E-state index >= 15 is 0 Å². The molecule has 1 fully saturated rings. The Morgan fingerprint density at radius 3 is 2.45 bits per heavy atom. The second-order valence-corrected chi connectivity index (χ2v) is 7.67. The first-order valence-corrected chi connectivity index (χ1v) is 9.83. The number of methoxy groups -OCH3 is 1. The Labute approximate surface area is 177 Å². The maximum absolute atomic E-state index is 14.3. The molecule has 2 N–H and O–H groups in total. The van der Waals surface area contributed by atoms with Gasteiger partial charge in [0.05, 0.1) is 25.9 Å². The first-order valence-electron chi connectivity index (χ1n) is 9.83. The van der Waals surface area contributed by atoms with E-state index in [1.54, 1.807) is 24.3 Å². The Morgan fingerprint density at radius 1 is 1.19 bits per heavy atom. The molecule has 0 saturated heterocycles. The number of urea groups is 1. The van der Waals surface area contributed by atoms with Crippen molar-refractivity contribution in [1.82, 2.24) is 5.32 Å². The fraction of sp³-hybridized carbons (Fsp3) is 0.348. The largest absolute Gasteiger partial charge is 0.497 e. The minimum Gasteiger partial charge on any atom is -0.497 e. The number of ether oxygens (including phenoxy) is 1. The standard InChI is InChI=1S/C23H21F3N2O3/c1-31-18-7-4-16(5-8-18)13-28-20-12-17(14-29)6-9-19(20)22(23(24,25)26,27-21(28)30)11-10-15-2-3-15/h4-9,12,15,29H,2-3,13-14H2,1H3,(H,27,30). The average molecular weight is 430 g/mol. The Bertz CT molecular complexity index is 1050. The molecule has 0 aromatic heterocycles. The van der Waals surface area contributed by atoms with Crippen LogP contribution in [0.2, 0.25) is 0 Å². The number of fused-ring (bicyclic) bond motifs is 1. The highest BCUT2D eigenvalue weighted by molar-refractivity contribution is 5.97. The average Bonchev–Trinajstić information content (AvgIpc) is 3.58. The van der Waals surface area contributed by atoms with Gasteiger partial charge >= 0.3 is 12.2 Å². The summed E-state index contributed by atoms with van der Waals surface area (Å²) in [4.78, 5) is 14.2. The third-order valence-corrected chi connectivity index (χ3v) is 5.45. The lowest BCUT2D eigenvalue weighted by molar-refractivity contribution is -0.179. The van der Waals surface area contributed by atoms with Crippen molar-refractivity contribution in [2.45, 2.75) is 37.7 Å². The lowest BCUT2D eigenvalue weighted by Gasteiger charge is -2.42. The molecule has 1 unspecified atom stereocenters. The molecule has 1 atom stereocenters. The fourth-order valence-electron chi connectivity index (χ4n) is 3.52. The molecule has 8 heteroatoms. The second-order valence-electron chi connectivity index (χ2n) is 7.67. The summed E-state index contributed by atoms with van der Waals surface area (Å²) in [6, 6.07) is 10.1. The van der Waals surface area contributed by atoms with E-state index in [0.29, 0.717) is 16.9 Å². The molecule has 0 bridgehead atoms. The van der Waals surface area contributed by atoms with Crippen LogP contribution >= 0.6 is 0 Å². The summed E-state index contributed by atoms with van der Waals surface area (Å²) in [6.45, 7) is -0.320. The van der Waals surface area contributed by atoms with E-state index in [0.717, 1.165) is 12.8 Å². The minimum absolute atomic E-state index is 0.0434. The van der Waals surface area contributed by atoms with Gasteiger partial charge in [0, 0.05) is 11.5 Å². The van der Waals surface area contributed by atoms with E-state index in [2.05, 4.69) is 17.2 Å². The third kappa shape index (κ3) is 3.93. The lowest BCUT2D eigenvalue weighted by Crippen LogP contribution is -2.62. The number of anilines is 1. The minimum atomic E-state index is -4.83. The van der Waals surface area contributed by atoms with Gasteiger partial charge in [-0.25, -0.2) is 4.79 Å². The number of hydrogen-bond acceptors (Lipinski definition) is 3. The molecule has 0 spiro atoms. The van der Waals surface area contributed by atoms with Crippen LogP contribution in [0.15, 0.2) is 42.5 Å². The Hall–Kier alpha value is -3.18. The van der Waals surface area contributed by atoms with Crippen LogP contribution in [0, 0.1) is 17.8 Å². The number of rotatable bonds is 4. The molecular weight excluding hydrogens is 409 g/mol. The number of hydrogen-bond donors (Lipinski definition) is 2. The fourth-order valence-corrected chi connectivity index (χ4v) is 3.52. The molecule has 2 amide bonds. The zero-order valence-electron chi connectivity index (χ0n) is 16.8. The lowest BCUT2D eigenvalue weighted by atomic mass is 9.85. The van der Waals surface area contributed by atoms with Gasteiger partial charge in [-0.05, 0) is 42.2 Å². The highest BCUT2D eigenvalue weighted by atomic mass is 19.4. The SMILES string of the molecule is COc1ccc(CN2C(=O)NC(C#CC3CC3)(C(F)(F)F)c3ccc(CO)cc32)cc1. The number of aliphatic hydroxyl groups is 1. The quantitative estimate of drug-likeness (QED) is 0.719. The summed E-state index contributed by atoms with van der Waals surface area (Å²) < 4.78 is 48.1. The zero-order valence-corrected chi connectivity index (χ0v) is 16.8. The van der Waals surface area contributed by atoms with Gasteiger partial charge in [-0.15, -0.1) is 0 Å².